The maximum absolute atomic E-state index is 12.7. The second-order valence-electron chi connectivity index (χ2n) is 7.25. The summed E-state index contributed by atoms with van der Waals surface area (Å²) in [6.45, 7) is 1.74. The number of hydrogen-bond donors (Lipinski definition) is 2. The van der Waals surface area contributed by atoms with Gasteiger partial charge in [-0.1, -0.05) is 30.7 Å². The number of benzene rings is 1. The van der Waals surface area contributed by atoms with Crippen molar-refractivity contribution in [1.29, 1.82) is 0 Å². The van der Waals surface area contributed by atoms with E-state index < -0.39 is 10.0 Å². The summed E-state index contributed by atoms with van der Waals surface area (Å²) in [7, 11) is -3.39. The Morgan fingerprint density at radius 2 is 2.08 bits per heavy atom. The van der Waals surface area contributed by atoms with Gasteiger partial charge in [-0.25, -0.2) is 13.1 Å². The van der Waals surface area contributed by atoms with Crippen molar-refractivity contribution in [3.8, 4) is 0 Å². The van der Waals surface area contributed by atoms with Crippen molar-refractivity contribution in [1.82, 2.24) is 15.0 Å². The smallest absolute Gasteiger partial charge is 0.216 e. The third-order valence-corrected chi connectivity index (χ3v) is 6.78. The van der Waals surface area contributed by atoms with Gasteiger partial charge in [-0.15, -0.1) is 0 Å². The average molecular weight is 345 g/mol. The molecule has 1 unspecified atom stereocenters. The number of pyridine rings is 1. The summed E-state index contributed by atoms with van der Waals surface area (Å²) < 4.78 is 28.2. The third-order valence-electron chi connectivity index (χ3n) is 5.39. The topological polar surface area (TPSA) is 71.1 Å². The zero-order valence-corrected chi connectivity index (χ0v) is 14.5. The number of aromatic nitrogens is 1. The number of rotatable bonds is 4. The van der Waals surface area contributed by atoms with Crippen LogP contribution in [-0.2, 0) is 15.8 Å². The van der Waals surface area contributed by atoms with E-state index in [2.05, 4.69) is 15.0 Å². The van der Waals surface area contributed by atoms with Crippen molar-refractivity contribution in [3.63, 3.8) is 0 Å². The molecule has 0 bridgehead atoms. The molecule has 2 fully saturated rings. The van der Waals surface area contributed by atoms with Crippen LogP contribution in [0.3, 0.4) is 0 Å². The molecule has 0 radical (unpaired) electrons. The molecule has 0 amide bonds. The fourth-order valence-electron chi connectivity index (χ4n) is 4.10. The first-order chi connectivity index (χ1) is 11.6. The van der Waals surface area contributed by atoms with Crippen molar-refractivity contribution in [2.75, 3.05) is 13.1 Å². The number of fused-ring (bicyclic) bond motifs is 1. The van der Waals surface area contributed by atoms with Crippen LogP contribution in [-0.4, -0.2) is 32.5 Å². The zero-order chi connectivity index (χ0) is 16.6. The van der Waals surface area contributed by atoms with Crippen molar-refractivity contribution >= 4 is 20.9 Å². The third kappa shape index (κ3) is 3.18. The Hall–Kier alpha value is -1.50. The van der Waals surface area contributed by atoms with Crippen LogP contribution in [0.1, 0.15) is 31.2 Å². The molecule has 2 aliphatic rings. The van der Waals surface area contributed by atoms with E-state index in [0.29, 0.717) is 5.41 Å². The molecule has 1 spiro atoms. The normalized spacial score (nSPS) is 23.2. The first-order valence-corrected chi connectivity index (χ1v) is 10.2. The van der Waals surface area contributed by atoms with Crippen LogP contribution in [0.15, 0.2) is 36.5 Å². The lowest BCUT2D eigenvalue weighted by atomic mass is 9.64. The van der Waals surface area contributed by atoms with Crippen LogP contribution in [0, 0.1) is 5.41 Å². The molecular formula is C18H23N3O2S. The van der Waals surface area contributed by atoms with Crippen molar-refractivity contribution < 1.29 is 8.42 Å². The van der Waals surface area contributed by atoms with Crippen LogP contribution in [0.2, 0.25) is 0 Å². The molecule has 1 saturated heterocycles. The molecule has 1 aliphatic heterocycles. The molecule has 1 aliphatic carbocycles. The van der Waals surface area contributed by atoms with Crippen molar-refractivity contribution in [3.05, 3.63) is 42.1 Å². The summed E-state index contributed by atoms with van der Waals surface area (Å²) in [6, 6.07) is 9.51. The maximum Gasteiger partial charge on any atom is 0.216 e. The molecule has 5 nitrogen and oxygen atoms in total. The molecule has 1 aromatic heterocycles. The van der Waals surface area contributed by atoms with Gasteiger partial charge in [0.1, 0.15) is 0 Å². The molecule has 2 heterocycles. The first-order valence-electron chi connectivity index (χ1n) is 8.59. The standard InChI is InChI=1S/C18H23N3O2S/c22-24(23,21-16-10-18(7-3-8-18)13-19-11-16)12-15-5-1-4-14-6-2-9-20-17(14)15/h1-2,4-6,9,16,19,21H,3,7-8,10-13H2. The minimum atomic E-state index is -3.39. The Labute approximate surface area is 142 Å². The molecule has 1 aromatic carbocycles. The quantitative estimate of drug-likeness (QED) is 0.891. The van der Waals surface area contributed by atoms with Gasteiger partial charge in [-0.05, 0) is 36.3 Å². The molecular weight excluding hydrogens is 322 g/mol. The van der Waals surface area contributed by atoms with Crippen molar-refractivity contribution in [2.24, 2.45) is 5.41 Å². The van der Waals surface area contributed by atoms with E-state index in [4.69, 9.17) is 0 Å². The van der Waals surface area contributed by atoms with Gasteiger partial charge in [0.25, 0.3) is 0 Å². The van der Waals surface area contributed by atoms with E-state index in [9.17, 15) is 8.42 Å². The molecule has 2 aromatic rings. The number of sulfonamides is 1. The molecule has 128 valence electrons. The number of hydrogen-bond acceptors (Lipinski definition) is 4. The molecule has 2 N–H and O–H groups in total. The van der Waals surface area contributed by atoms with Crippen LogP contribution in [0.4, 0.5) is 0 Å². The average Bonchev–Trinajstić information content (AvgIpc) is 2.53. The Kier molecular flexibility index (Phi) is 4.06. The van der Waals surface area contributed by atoms with Gasteiger partial charge in [-0.2, -0.15) is 0 Å². The highest BCUT2D eigenvalue weighted by atomic mass is 32.2. The van der Waals surface area contributed by atoms with Crippen molar-refractivity contribution in [2.45, 2.75) is 37.5 Å². The lowest BCUT2D eigenvalue weighted by molar-refractivity contribution is 0.0797. The predicted molar refractivity (Wildman–Crippen MR) is 95.1 cm³/mol. The molecule has 6 heteroatoms. The van der Waals surface area contributed by atoms with Gasteiger partial charge in [0.15, 0.2) is 0 Å². The van der Waals surface area contributed by atoms with E-state index in [1.54, 1.807) is 6.20 Å². The number of nitrogens with one attached hydrogen (secondary N) is 2. The SMILES string of the molecule is O=S(=O)(Cc1cccc2cccnc12)NC1CNCC2(CCC2)C1. The summed E-state index contributed by atoms with van der Waals surface area (Å²) in [4.78, 5) is 4.35. The largest absolute Gasteiger partial charge is 0.315 e. The lowest BCUT2D eigenvalue weighted by Gasteiger charge is -2.47. The van der Waals surface area contributed by atoms with Crippen LogP contribution in [0.5, 0.6) is 0 Å². The number of para-hydroxylation sites is 1. The summed E-state index contributed by atoms with van der Waals surface area (Å²) in [5.74, 6) is -0.0230. The summed E-state index contributed by atoms with van der Waals surface area (Å²) in [6.07, 6.45) is 6.35. The highest BCUT2D eigenvalue weighted by molar-refractivity contribution is 7.88. The number of nitrogens with zero attached hydrogens (tertiary/aromatic N) is 1. The number of piperidine rings is 1. The van der Waals surface area contributed by atoms with Gasteiger partial charge in [-0.3, -0.25) is 4.98 Å². The lowest BCUT2D eigenvalue weighted by Crippen LogP contribution is -2.55. The predicted octanol–water partition coefficient (Wildman–Crippen LogP) is 2.19. The van der Waals surface area contributed by atoms with Gasteiger partial charge in [0, 0.05) is 30.7 Å². The molecule has 4 rings (SSSR count). The van der Waals surface area contributed by atoms with Crippen LogP contribution in [0.25, 0.3) is 10.9 Å². The zero-order valence-electron chi connectivity index (χ0n) is 13.7. The summed E-state index contributed by atoms with van der Waals surface area (Å²) in [5.41, 5.74) is 1.84. The Bertz CT molecular complexity index is 841. The summed E-state index contributed by atoms with van der Waals surface area (Å²) >= 11 is 0. The van der Waals surface area contributed by atoms with Crippen LogP contribution >= 0.6 is 0 Å². The minimum Gasteiger partial charge on any atom is -0.315 e. The van der Waals surface area contributed by atoms with Gasteiger partial charge in [0.05, 0.1) is 11.3 Å². The molecule has 1 atom stereocenters. The Morgan fingerprint density at radius 3 is 2.88 bits per heavy atom. The second-order valence-corrected chi connectivity index (χ2v) is 9.01. The van der Waals surface area contributed by atoms with Gasteiger partial charge >= 0.3 is 0 Å². The van der Waals surface area contributed by atoms with E-state index in [1.165, 1.54) is 19.3 Å². The highest BCUT2D eigenvalue weighted by Crippen LogP contribution is 2.45. The highest BCUT2D eigenvalue weighted by Gasteiger charge is 2.41. The monoisotopic (exact) mass is 345 g/mol. The van der Waals surface area contributed by atoms with E-state index >= 15 is 0 Å². The second kappa shape index (κ2) is 6.10. The molecule has 24 heavy (non-hydrogen) atoms. The Morgan fingerprint density at radius 1 is 1.25 bits per heavy atom. The minimum absolute atomic E-state index is 0.00742. The van der Waals surface area contributed by atoms with Crippen LogP contribution < -0.4 is 10.0 Å². The first kappa shape index (κ1) is 16.0. The molecule has 1 saturated carbocycles. The van der Waals surface area contributed by atoms with Gasteiger partial charge in [0.2, 0.25) is 10.0 Å². The van der Waals surface area contributed by atoms with E-state index in [1.807, 2.05) is 30.3 Å². The van der Waals surface area contributed by atoms with E-state index in [-0.39, 0.29) is 11.8 Å². The Balaban J connectivity index is 1.50. The van der Waals surface area contributed by atoms with E-state index in [0.717, 1.165) is 36.0 Å². The maximum atomic E-state index is 12.7. The van der Waals surface area contributed by atoms with Gasteiger partial charge < -0.3 is 5.32 Å². The fraction of sp³-hybridized carbons (Fsp3) is 0.500. The fourth-order valence-corrected chi connectivity index (χ4v) is 5.50. The summed E-state index contributed by atoms with van der Waals surface area (Å²) in [5, 5.41) is 4.37.